The molecule has 0 spiro atoms. The van der Waals surface area contributed by atoms with Crippen molar-refractivity contribution < 1.29 is 4.79 Å². The van der Waals surface area contributed by atoms with E-state index in [9.17, 15) is 4.79 Å². The Bertz CT molecular complexity index is 754. The highest BCUT2D eigenvalue weighted by molar-refractivity contribution is 5.94. The number of piperazine rings is 1. The summed E-state index contributed by atoms with van der Waals surface area (Å²) in [7, 11) is 0. The molecule has 1 N–H and O–H groups in total. The smallest absolute Gasteiger partial charge is 0.229 e. The largest absolute Gasteiger partial charge is 0.368 e. The van der Waals surface area contributed by atoms with E-state index in [-0.39, 0.29) is 11.3 Å². The van der Waals surface area contributed by atoms with Crippen LogP contribution in [-0.2, 0) is 4.79 Å². The first kappa shape index (κ1) is 18.3. The lowest BCUT2D eigenvalue weighted by Crippen LogP contribution is -2.46. The minimum Gasteiger partial charge on any atom is -0.368 e. The number of amides is 1. The molecule has 1 aliphatic heterocycles. The van der Waals surface area contributed by atoms with Crippen LogP contribution in [0.3, 0.4) is 0 Å². The summed E-state index contributed by atoms with van der Waals surface area (Å²) in [5, 5.41) is 2.98. The highest BCUT2D eigenvalue weighted by Gasteiger charge is 2.21. The molecule has 138 valence electrons. The monoisotopic (exact) mass is 351 g/mol. The molecule has 1 fully saturated rings. The van der Waals surface area contributed by atoms with Crippen molar-refractivity contribution in [3.8, 4) is 0 Å². The molecule has 4 heteroatoms. The van der Waals surface area contributed by atoms with Gasteiger partial charge in [0.2, 0.25) is 5.91 Å². The predicted molar refractivity (Wildman–Crippen MR) is 110 cm³/mol. The van der Waals surface area contributed by atoms with Crippen molar-refractivity contribution in [3.05, 3.63) is 54.1 Å². The van der Waals surface area contributed by atoms with Crippen molar-refractivity contribution in [1.29, 1.82) is 0 Å². The fourth-order valence-corrected chi connectivity index (χ4v) is 3.12. The first-order valence-corrected chi connectivity index (χ1v) is 9.31. The van der Waals surface area contributed by atoms with Crippen LogP contribution in [0, 0.1) is 12.3 Å². The molecule has 0 saturated carbocycles. The summed E-state index contributed by atoms with van der Waals surface area (Å²) in [4.78, 5) is 16.9. The van der Waals surface area contributed by atoms with Crippen LogP contribution < -0.4 is 15.1 Å². The molecule has 1 heterocycles. The van der Waals surface area contributed by atoms with Gasteiger partial charge >= 0.3 is 0 Å². The summed E-state index contributed by atoms with van der Waals surface area (Å²) in [5.74, 6) is 0.0389. The number of carbonyl (C=O) groups excluding carboxylic acids is 1. The lowest BCUT2D eigenvalue weighted by molar-refractivity contribution is -0.123. The average Bonchev–Trinajstić information content (AvgIpc) is 2.62. The van der Waals surface area contributed by atoms with Crippen molar-refractivity contribution in [1.82, 2.24) is 0 Å². The van der Waals surface area contributed by atoms with Crippen molar-refractivity contribution >= 4 is 23.0 Å². The maximum Gasteiger partial charge on any atom is 0.229 e. The molecule has 3 rings (SSSR count). The molecule has 2 aromatic rings. The van der Waals surface area contributed by atoms with Gasteiger partial charge in [0.15, 0.2) is 0 Å². The number of nitrogens with one attached hydrogen (secondary N) is 1. The number of aryl methyl sites for hydroxylation is 1. The molecule has 1 amide bonds. The minimum atomic E-state index is -0.384. The number of carbonyl (C=O) groups is 1. The number of hydrogen-bond acceptors (Lipinski definition) is 3. The van der Waals surface area contributed by atoms with Crippen LogP contribution in [0.5, 0.6) is 0 Å². The second-order valence-corrected chi connectivity index (χ2v) is 8.06. The molecule has 26 heavy (non-hydrogen) atoms. The van der Waals surface area contributed by atoms with Gasteiger partial charge in [-0.1, -0.05) is 32.9 Å². The normalized spacial score (nSPS) is 15.1. The van der Waals surface area contributed by atoms with Crippen LogP contribution in [0.25, 0.3) is 0 Å². The number of nitrogens with zero attached hydrogens (tertiary/aromatic N) is 2. The Balaban J connectivity index is 1.59. The minimum absolute atomic E-state index is 0.0389. The Morgan fingerprint density at radius 1 is 0.885 bits per heavy atom. The van der Waals surface area contributed by atoms with E-state index in [0.29, 0.717) is 0 Å². The van der Waals surface area contributed by atoms with Crippen molar-refractivity contribution in [2.75, 3.05) is 41.3 Å². The SMILES string of the molecule is Cc1cccc(N2CCN(c3ccc(NC(=O)C(C)(C)C)cc3)CC2)c1. The highest BCUT2D eigenvalue weighted by Crippen LogP contribution is 2.24. The zero-order chi connectivity index (χ0) is 18.7. The van der Waals surface area contributed by atoms with Crippen LogP contribution in [0.4, 0.5) is 17.1 Å². The fraction of sp³-hybridized carbons (Fsp3) is 0.409. The molecule has 4 nitrogen and oxygen atoms in total. The van der Waals surface area contributed by atoms with Crippen LogP contribution >= 0.6 is 0 Å². The lowest BCUT2D eigenvalue weighted by atomic mass is 9.95. The zero-order valence-electron chi connectivity index (χ0n) is 16.2. The van der Waals surface area contributed by atoms with Crippen LogP contribution in [-0.4, -0.2) is 32.1 Å². The van der Waals surface area contributed by atoms with Crippen molar-refractivity contribution in [3.63, 3.8) is 0 Å². The molecule has 0 unspecified atom stereocenters. The first-order chi connectivity index (χ1) is 12.3. The fourth-order valence-electron chi connectivity index (χ4n) is 3.12. The Morgan fingerprint density at radius 2 is 1.46 bits per heavy atom. The molecule has 2 aromatic carbocycles. The number of benzene rings is 2. The summed E-state index contributed by atoms with van der Waals surface area (Å²) in [5.41, 5.74) is 4.29. The molecule has 0 atom stereocenters. The molecule has 1 saturated heterocycles. The average molecular weight is 351 g/mol. The second kappa shape index (κ2) is 7.40. The Kier molecular flexibility index (Phi) is 5.21. The van der Waals surface area contributed by atoms with E-state index >= 15 is 0 Å². The maximum absolute atomic E-state index is 12.1. The van der Waals surface area contributed by atoms with Gasteiger partial charge in [0.05, 0.1) is 0 Å². The summed E-state index contributed by atoms with van der Waals surface area (Å²) >= 11 is 0. The number of hydrogen-bond donors (Lipinski definition) is 1. The lowest BCUT2D eigenvalue weighted by Gasteiger charge is -2.37. The van der Waals surface area contributed by atoms with Gasteiger partial charge in [-0.3, -0.25) is 4.79 Å². The van der Waals surface area contributed by atoms with Crippen LogP contribution in [0.15, 0.2) is 48.5 Å². The third-order valence-electron chi connectivity index (χ3n) is 4.82. The molecule has 0 aromatic heterocycles. The molecule has 0 aliphatic carbocycles. The molecule has 0 bridgehead atoms. The van der Waals surface area contributed by atoms with Crippen molar-refractivity contribution in [2.24, 2.45) is 5.41 Å². The van der Waals surface area contributed by atoms with E-state index in [1.54, 1.807) is 0 Å². The van der Waals surface area contributed by atoms with Gasteiger partial charge in [-0.2, -0.15) is 0 Å². The second-order valence-electron chi connectivity index (χ2n) is 8.06. The topological polar surface area (TPSA) is 35.6 Å². The van der Waals surface area contributed by atoms with Gasteiger partial charge in [-0.05, 0) is 48.9 Å². The summed E-state index contributed by atoms with van der Waals surface area (Å²) in [6.45, 7) is 11.9. The van der Waals surface area contributed by atoms with Gasteiger partial charge in [0, 0.05) is 48.7 Å². The molecule has 0 radical (unpaired) electrons. The molecule has 1 aliphatic rings. The third-order valence-corrected chi connectivity index (χ3v) is 4.82. The summed E-state index contributed by atoms with van der Waals surface area (Å²) < 4.78 is 0. The third kappa shape index (κ3) is 4.37. The Labute approximate surface area is 156 Å². The predicted octanol–water partition coefficient (Wildman–Crippen LogP) is 4.31. The van der Waals surface area contributed by atoms with Gasteiger partial charge in [0.1, 0.15) is 0 Å². The highest BCUT2D eigenvalue weighted by atomic mass is 16.2. The van der Waals surface area contributed by atoms with E-state index in [0.717, 1.165) is 31.9 Å². The Hall–Kier alpha value is -2.49. The van der Waals surface area contributed by atoms with Gasteiger partial charge in [-0.15, -0.1) is 0 Å². The van der Waals surface area contributed by atoms with E-state index in [1.165, 1.54) is 16.9 Å². The summed E-state index contributed by atoms with van der Waals surface area (Å²) in [6, 6.07) is 16.9. The van der Waals surface area contributed by atoms with Gasteiger partial charge in [0.25, 0.3) is 0 Å². The number of rotatable bonds is 3. The molecular weight excluding hydrogens is 322 g/mol. The van der Waals surface area contributed by atoms with E-state index < -0.39 is 0 Å². The van der Waals surface area contributed by atoms with Crippen LogP contribution in [0.1, 0.15) is 26.3 Å². The van der Waals surface area contributed by atoms with Gasteiger partial charge < -0.3 is 15.1 Å². The quantitative estimate of drug-likeness (QED) is 0.895. The van der Waals surface area contributed by atoms with E-state index in [2.05, 4.69) is 58.4 Å². The van der Waals surface area contributed by atoms with Crippen molar-refractivity contribution in [2.45, 2.75) is 27.7 Å². The van der Waals surface area contributed by atoms with Gasteiger partial charge in [-0.25, -0.2) is 0 Å². The summed E-state index contributed by atoms with van der Waals surface area (Å²) in [6.07, 6.45) is 0. The maximum atomic E-state index is 12.1. The van der Waals surface area contributed by atoms with E-state index in [4.69, 9.17) is 0 Å². The standard InChI is InChI=1S/C22H29N3O/c1-17-6-5-7-20(16-17)25-14-12-24(13-15-25)19-10-8-18(9-11-19)23-21(26)22(2,3)4/h5-11,16H,12-15H2,1-4H3,(H,23,26). The van der Waals surface area contributed by atoms with Crippen LogP contribution in [0.2, 0.25) is 0 Å². The zero-order valence-corrected chi connectivity index (χ0v) is 16.2. The van der Waals surface area contributed by atoms with E-state index in [1.807, 2.05) is 32.9 Å². The molecular formula is C22H29N3O. The number of anilines is 3. The first-order valence-electron chi connectivity index (χ1n) is 9.31. The Morgan fingerprint density at radius 3 is 2.00 bits per heavy atom.